The van der Waals surface area contributed by atoms with Gasteiger partial charge in [-0.15, -0.1) is 0 Å². The van der Waals surface area contributed by atoms with Gasteiger partial charge in [-0.3, -0.25) is 0 Å². The fraction of sp³-hybridized carbons (Fsp3) is 0.350. The Morgan fingerprint density at radius 3 is 2.50 bits per heavy atom. The lowest BCUT2D eigenvalue weighted by molar-refractivity contribution is 0.0698. The first kappa shape index (κ1) is 17.9. The molecule has 0 aliphatic carbocycles. The Labute approximate surface area is 143 Å². The van der Waals surface area contributed by atoms with Crippen LogP contribution in [0.2, 0.25) is 0 Å². The van der Waals surface area contributed by atoms with Gasteiger partial charge in [0.15, 0.2) is 0 Å². The minimum absolute atomic E-state index is 0.321. The predicted molar refractivity (Wildman–Crippen MR) is 97.3 cm³/mol. The van der Waals surface area contributed by atoms with Gasteiger partial charge in [-0.2, -0.15) is 0 Å². The van der Waals surface area contributed by atoms with Gasteiger partial charge in [0.1, 0.15) is 5.75 Å². The first-order valence-electron chi connectivity index (χ1n) is 8.25. The molecule has 128 valence electrons. The van der Waals surface area contributed by atoms with Gasteiger partial charge in [0.05, 0.1) is 12.2 Å². The van der Waals surface area contributed by atoms with Gasteiger partial charge in [-0.1, -0.05) is 23.8 Å². The van der Waals surface area contributed by atoms with Crippen LogP contribution in [0.15, 0.2) is 36.4 Å². The number of anilines is 1. The third kappa shape index (κ3) is 5.01. The number of aromatic carboxylic acids is 1. The molecule has 2 aromatic carbocycles. The number of carboxylic acids is 1. The average Bonchev–Trinajstić information content (AvgIpc) is 2.54. The summed E-state index contributed by atoms with van der Waals surface area (Å²) >= 11 is 0. The third-order valence-electron chi connectivity index (χ3n) is 3.89. The van der Waals surface area contributed by atoms with E-state index < -0.39 is 5.97 Å². The zero-order valence-electron chi connectivity index (χ0n) is 14.6. The van der Waals surface area contributed by atoms with Crippen LogP contribution in [0, 0.1) is 20.8 Å². The van der Waals surface area contributed by atoms with Gasteiger partial charge >= 0.3 is 5.97 Å². The lowest BCUT2D eigenvalue weighted by Gasteiger charge is -2.12. The van der Waals surface area contributed by atoms with Crippen LogP contribution in [0.1, 0.15) is 39.9 Å². The molecule has 0 atom stereocenters. The van der Waals surface area contributed by atoms with Gasteiger partial charge < -0.3 is 15.2 Å². The number of hydrogen-bond donors (Lipinski definition) is 2. The van der Waals surface area contributed by atoms with Gasteiger partial charge in [0.2, 0.25) is 0 Å². The van der Waals surface area contributed by atoms with Crippen LogP contribution in [0.3, 0.4) is 0 Å². The summed E-state index contributed by atoms with van der Waals surface area (Å²) in [5, 5.41) is 12.4. The van der Waals surface area contributed by atoms with Crippen molar-refractivity contribution in [3.8, 4) is 5.75 Å². The number of benzene rings is 2. The monoisotopic (exact) mass is 327 g/mol. The Kier molecular flexibility index (Phi) is 6.24. The van der Waals surface area contributed by atoms with Gasteiger partial charge in [0, 0.05) is 12.2 Å². The smallest absolute Gasteiger partial charge is 0.337 e. The quantitative estimate of drug-likeness (QED) is 0.697. The number of unbranched alkanes of at least 4 members (excludes halogenated alkanes) is 1. The van der Waals surface area contributed by atoms with Crippen LogP contribution in [0.5, 0.6) is 5.75 Å². The van der Waals surface area contributed by atoms with Crippen molar-refractivity contribution in [1.29, 1.82) is 0 Å². The molecular formula is C20H25NO3. The zero-order valence-corrected chi connectivity index (χ0v) is 14.6. The third-order valence-corrected chi connectivity index (χ3v) is 3.89. The Bertz CT molecular complexity index is 710. The minimum Gasteiger partial charge on any atom is -0.493 e. The summed E-state index contributed by atoms with van der Waals surface area (Å²) in [6.45, 7) is 7.37. The number of carbonyl (C=O) groups is 1. The molecule has 0 amide bonds. The fourth-order valence-corrected chi connectivity index (χ4v) is 2.48. The highest BCUT2D eigenvalue weighted by molar-refractivity contribution is 5.94. The van der Waals surface area contributed by atoms with Crippen LogP contribution in [0.25, 0.3) is 0 Å². The number of hydrogen-bond acceptors (Lipinski definition) is 3. The normalized spacial score (nSPS) is 10.5. The van der Waals surface area contributed by atoms with Crippen molar-refractivity contribution in [2.45, 2.75) is 33.6 Å². The molecule has 2 aromatic rings. The van der Waals surface area contributed by atoms with Crippen molar-refractivity contribution in [3.63, 3.8) is 0 Å². The molecule has 0 saturated carbocycles. The lowest BCUT2D eigenvalue weighted by Crippen LogP contribution is -2.09. The molecule has 0 saturated heterocycles. The molecule has 2 rings (SSSR count). The van der Waals surface area contributed by atoms with Crippen molar-refractivity contribution >= 4 is 11.7 Å². The summed E-state index contributed by atoms with van der Waals surface area (Å²) in [4.78, 5) is 11.3. The summed E-state index contributed by atoms with van der Waals surface area (Å²) in [5.74, 6) is 0.0362. The molecule has 0 aromatic heterocycles. The van der Waals surface area contributed by atoms with E-state index in [9.17, 15) is 9.90 Å². The molecular weight excluding hydrogens is 302 g/mol. The summed E-state index contributed by atoms with van der Waals surface area (Å²) in [6.07, 6.45) is 1.83. The maximum atomic E-state index is 11.3. The van der Waals surface area contributed by atoms with Gasteiger partial charge in [-0.05, 0) is 62.9 Å². The maximum Gasteiger partial charge on any atom is 0.337 e. The highest BCUT2D eigenvalue weighted by Crippen LogP contribution is 2.20. The van der Waals surface area contributed by atoms with Gasteiger partial charge in [-0.25, -0.2) is 4.79 Å². The summed E-state index contributed by atoms with van der Waals surface area (Å²) < 4.78 is 5.83. The highest BCUT2D eigenvalue weighted by atomic mass is 16.5. The van der Waals surface area contributed by atoms with E-state index in [4.69, 9.17) is 4.74 Å². The lowest BCUT2D eigenvalue weighted by atomic mass is 10.1. The molecule has 0 unspecified atom stereocenters. The summed E-state index contributed by atoms with van der Waals surface area (Å²) in [5.41, 5.74) is 4.27. The van der Waals surface area contributed by atoms with Crippen molar-refractivity contribution in [2.75, 3.05) is 18.5 Å². The van der Waals surface area contributed by atoms with Gasteiger partial charge in [0.25, 0.3) is 0 Å². The Hall–Kier alpha value is -2.49. The number of carboxylic acid groups (broad SMARTS) is 1. The van der Waals surface area contributed by atoms with E-state index in [1.165, 1.54) is 5.56 Å². The molecule has 4 heteroatoms. The van der Waals surface area contributed by atoms with E-state index in [1.54, 1.807) is 6.07 Å². The standard InChI is InChI=1S/C20H25NO3/c1-14-7-9-18(17(12-14)20(22)23)21-10-4-5-11-24-19-13-15(2)6-8-16(19)3/h6-9,12-13,21H,4-5,10-11H2,1-3H3,(H,22,23). The predicted octanol–water partition coefficient (Wildman–Crippen LogP) is 4.58. The Morgan fingerprint density at radius 1 is 1.04 bits per heavy atom. The second-order valence-electron chi connectivity index (χ2n) is 6.11. The SMILES string of the molecule is Cc1ccc(C)c(OCCCCNc2ccc(C)cc2C(=O)O)c1. The molecule has 0 fully saturated rings. The van der Waals surface area contributed by atoms with Crippen LogP contribution in [-0.2, 0) is 0 Å². The second-order valence-corrected chi connectivity index (χ2v) is 6.11. The van der Waals surface area contributed by atoms with Crippen LogP contribution in [-0.4, -0.2) is 24.2 Å². The number of rotatable bonds is 8. The van der Waals surface area contributed by atoms with E-state index in [0.717, 1.165) is 36.3 Å². The second kappa shape index (κ2) is 8.39. The number of aryl methyl sites for hydroxylation is 3. The van der Waals surface area contributed by atoms with Crippen molar-refractivity contribution in [1.82, 2.24) is 0 Å². The van der Waals surface area contributed by atoms with E-state index in [1.807, 2.05) is 26.0 Å². The largest absolute Gasteiger partial charge is 0.493 e. The van der Waals surface area contributed by atoms with Crippen molar-refractivity contribution < 1.29 is 14.6 Å². The maximum absolute atomic E-state index is 11.3. The molecule has 0 radical (unpaired) electrons. The molecule has 0 spiro atoms. The van der Waals surface area contributed by atoms with Crippen LogP contribution >= 0.6 is 0 Å². The molecule has 2 N–H and O–H groups in total. The first-order valence-corrected chi connectivity index (χ1v) is 8.25. The zero-order chi connectivity index (χ0) is 17.5. The molecule has 0 aliphatic heterocycles. The van der Waals surface area contributed by atoms with Crippen LogP contribution < -0.4 is 10.1 Å². The highest BCUT2D eigenvalue weighted by Gasteiger charge is 2.09. The van der Waals surface area contributed by atoms with Crippen molar-refractivity contribution in [3.05, 3.63) is 58.7 Å². The number of nitrogens with one attached hydrogen (secondary N) is 1. The topological polar surface area (TPSA) is 58.6 Å². The average molecular weight is 327 g/mol. The van der Waals surface area contributed by atoms with E-state index in [2.05, 4.69) is 30.4 Å². The van der Waals surface area contributed by atoms with E-state index in [0.29, 0.717) is 17.9 Å². The molecule has 24 heavy (non-hydrogen) atoms. The number of ether oxygens (including phenoxy) is 1. The Morgan fingerprint density at radius 2 is 1.75 bits per heavy atom. The molecule has 0 heterocycles. The van der Waals surface area contributed by atoms with E-state index >= 15 is 0 Å². The first-order chi connectivity index (χ1) is 11.5. The molecule has 0 aliphatic rings. The molecule has 0 bridgehead atoms. The van der Waals surface area contributed by atoms with Crippen LogP contribution in [0.4, 0.5) is 5.69 Å². The molecule has 4 nitrogen and oxygen atoms in total. The fourth-order valence-electron chi connectivity index (χ4n) is 2.48. The Balaban J connectivity index is 1.76. The summed E-state index contributed by atoms with van der Waals surface area (Å²) in [6, 6.07) is 11.6. The van der Waals surface area contributed by atoms with Crippen molar-refractivity contribution in [2.24, 2.45) is 0 Å². The minimum atomic E-state index is -0.903. The van der Waals surface area contributed by atoms with E-state index in [-0.39, 0.29) is 0 Å². The summed E-state index contributed by atoms with van der Waals surface area (Å²) in [7, 11) is 0.